The largest absolute Gasteiger partial charge is 0.497 e. The number of benzene rings is 1. The second-order valence-electron chi connectivity index (χ2n) is 2.86. The fourth-order valence-electron chi connectivity index (χ4n) is 1.16. The van der Waals surface area contributed by atoms with Gasteiger partial charge in [-0.3, -0.25) is 10.1 Å². The molecule has 0 saturated heterocycles. The minimum absolute atomic E-state index is 0.0351. The van der Waals surface area contributed by atoms with Crippen LogP contribution in [-0.2, 0) is 10.1 Å². The van der Waals surface area contributed by atoms with Crippen molar-refractivity contribution < 1.29 is 9.66 Å². The van der Waals surface area contributed by atoms with Crippen LogP contribution in [0, 0.1) is 10.1 Å². The topological polar surface area (TPSA) is 52.4 Å². The molecule has 5 heteroatoms. The average molecular weight is 272 g/mol. The van der Waals surface area contributed by atoms with Gasteiger partial charge in [0.2, 0.25) is 0 Å². The molecular formula is C10H10BrNO3. The first-order chi connectivity index (χ1) is 7.10. The molecule has 1 aromatic carbocycles. The van der Waals surface area contributed by atoms with Crippen LogP contribution in [0.5, 0.6) is 0 Å². The molecule has 0 N–H and O–H groups in total. The lowest BCUT2D eigenvalue weighted by Crippen LogP contribution is -1.95. The Morgan fingerprint density at radius 3 is 2.80 bits per heavy atom. The molecule has 80 valence electrons. The third kappa shape index (κ3) is 2.56. The number of nitro groups is 1. The van der Waals surface area contributed by atoms with Crippen LogP contribution in [0.4, 0.5) is 5.69 Å². The van der Waals surface area contributed by atoms with E-state index in [0.717, 1.165) is 5.56 Å². The van der Waals surface area contributed by atoms with Gasteiger partial charge in [-0.2, -0.15) is 0 Å². The van der Waals surface area contributed by atoms with Gasteiger partial charge in [0.1, 0.15) is 5.76 Å². The SMILES string of the molecule is C=C(OC)c1cc([N+](=O)[O-])ccc1CBr. The highest BCUT2D eigenvalue weighted by Gasteiger charge is 2.12. The van der Waals surface area contributed by atoms with Crippen molar-refractivity contribution in [3.63, 3.8) is 0 Å². The van der Waals surface area contributed by atoms with E-state index in [-0.39, 0.29) is 5.69 Å². The van der Waals surface area contributed by atoms with E-state index in [1.165, 1.54) is 19.2 Å². The molecule has 1 aromatic rings. The van der Waals surface area contributed by atoms with Gasteiger partial charge in [-0.1, -0.05) is 28.6 Å². The average Bonchev–Trinajstić information content (AvgIpc) is 2.27. The first-order valence-electron chi connectivity index (χ1n) is 4.16. The van der Waals surface area contributed by atoms with Crippen molar-refractivity contribution in [1.82, 2.24) is 0 Å². The van der Waals surface area contributed by atoms with Gasteiger partial charge in [-0.05, 0) is 5.56 Å². The van der Waals surface area contributed by atoms with E-state index >= 15 is 0 Å². The minimum Gasteiger partial charge on any atom is -0.497 e. The van der Waals surface area contributed by atoms with Gasteiger partial charge in [-0.15, -0.1) is 0 Å². The highest BCUT2D eigenvalue weighted by atomic mass is 79.9. The Morgan fingerprint density at radius 2 is 2.33 bits per heavy atom. The lowest BCUT2D eigenvalue weighted by atomic mass is 10.1. The first-order valence-corrected chi connectivity index (χ1v) is 5.28. The van der Waals surface area contributed by atoms with Crippen LogP contribution >= 0.6 is 15.9 Å². The molecule has 0 unspecified atom stereocenters. The van der Waals surface area contributed by atoms with Crippen molar-refractivity contribution in [3.05, 3.63) is 46.0 Å². The quantitative estimate of drug-likeness (QED) is 0.366. The van der Waals surface area contributed by atoms with Crippen molar-refractivity contribution in [3.8, 4) is 0 Å². The summed E-state index contributed by atoms with van der Waals surface area (Å²) in [4.78, 5) is 10.1. The number of nitro benzene ring substituents is 1. The summed E-state index contributed by atoms with van der Waals surface area (Å²) in [5.41, 5.74) is 1.60. The second-order valence-corrected chi connectivity index (χ2v) is 3.42. The van der Waals surface area contributed by atoms with E-state index in [1.807, 2.05) is 0 Å². The summed E-state index contributed by atoms with van der Waals surface area (Å²) in [6.07, 6.45) is 0. The molecule has 0 amide bonds. The molecular weight excluding hydrogens is 262 g/mol. The molecule has 0 radical (unpaired) electrons. The lowest BCUT2D eigenvalue weighted by Gasteiger charge is -2.08. The fourth-order valence-corrected chi connectivity index (χ4v) is 1.65. The summed E-state index contributed by atoms with van der Waals surface area (Å²) in [6, 6.07) is 4.61. The van der Waals surface area contributed by atoms with Crippen molar-refractivity contribution >= 4 is 27.4 Å². The molecule has 0 heterocycles. The van der Waals surface area contributed by atoms with Crippen molar-refractivity contribution in [1.29, 1.82) is 0 Å². The molecule has 0 fully saturated rings. The summed E-state index contributed by atoms with van der Waals surface area (Å²) < 4.78 is 4.98. The number of halogens is 1. The third-order valence-corrected chi connectivity index (χ3v) is 2.60. The van der Waals surface area contributed by atoms with Gasteiger partial charge in [0.05, 0.1) is 12.0 Å². The highest BCUT2D eigenvalue weighted by molar-refractivity contribution is 9.08. The van der Waals surface area contributed by atoms with Gasteiger partial charge in [0.15, 0.2) is 0 Å². The molecule has 4 nitrogen and oxygen atoms in total. The molecule has 0 aliphatic carbocycles. The van der Waals surface area contributed by atoms with E-state index in [9.17, 15) is 10.1 Å². The minimum atomic E-state index is -0.440. The number of rotatable bonds is 4. The Morgan fingerprint density at radius 1 is 1.67 bits per heavy atom. The van der Waals surface area contributed by atoms with Crippen LogP contribution in [-0.4, -0.2) is 12.0 Å². The zero-order chi connectivity index (χ0) is 11.4. The Labute approximate surface area is 95.8 Å². The first kappa shape index (κ1) is 11.7. The Bertz CT molecular complexity index is 404. The van der Waals surface area contributed by atoms with E-state index in [1.54, 1.807) is 6.07 Å². The maximum Gasteiger partial charge on any atom is 0.270 e. The van der Waals surface area contributed by atoms with Crippen molar-refractivity contribution in [2.45, 2.75) is 5.33 Å². The van der Waals surface area contributed by atoms with Crippen molar-refractivity contribution in [2.75, 3.05) is 7.11 Å². The maximum atomic E-state index is 10.6. The summed E-state index contributed by atoms with van der Waals surface area (Å²) in [5.74, 6) is 0.424. The Kier molecular flexibility index (Phi) is 3.85. The van der Waals surface area contributed by atoms with E-state index < -0.39 is 4.92 Å². The van der Waals surface area contributed by atoms with Crippen LogP contribution in [0.15, 0.2) is 24.8 Å². The molecule has 0 bridgehead atoms. The maximum absolute atomic E-state index is 10.6. The zero-order valence-electron chi connectivity index (χ0n) is 8.20. The molecule has 0 aliphatic heterocycles. The summed E-state index contributed by atoms with van der Waals surface area (Å²) >= 11 is 3.30. The Balaban J connectivity index is 3.25. The van der Waals surface area contributed by atoms with E-state index in [2.05, 4.69) is 22.5 Å². The molecule has 0 spiro atoms. The number of non-ortho nitro benzene ring substituents is 1. The zero-order valence-corrected chi connectivity index (χ0v) is 9.78. The van der Waals surface area contributed by atoms with Crippen LogP contribution in [0.1, 0.15) is 11.1 Å². The van der Waals surface area contributed by atoms with Crippen LogP contribution < -0.4 is 0 Å². The summed E-state index contributed by atoms with van der Waals surface area (Å²) in [7, 11) is 1.49. The predicted octanol–water partition coefficient (Wildman–Crippen LogP) is 3.11. The number of alkyl halides is 1. The van der Waals surface area contributed by atoms with E-state index in [4.69, 9.17) is 4.74 Å². The third-order valence-electron chi connectivity index (χ3n) is 2.00. The fraction of sp³-hybridized carbons (Fsp3) is 0.200. The monoisotopic (exact) mass is 271 g/mol. The summed E-state index contributed by atoms with van der Waals surface area (Å²) in [6.45, 7) is 3.69. The number of methoxy groups -OCH3 is 1. The van der Waals surface area contributed by atoms with Gasteiger partial charge in [-0.25, -0.2) is 0 Å². The number of hydrogen-bond acceptors (Lipinski definition) is 3. The van der Waals surface area contributed by atoms with Crippen LogP contribution in [0.3, 0.4) is 0 Å². The molecule has 0 aromatic heterocycles. The van der Waals surface area contributed by atoms with Crippen molar-refractivity contribution in [2.24, 2.45) is 0 Å². The smallest absolute Gasteiger partial charge is 0.270 e. The van der Waals surface area contributed by atoms with Gasteiger partial charge in [0.25, 0.3) is 5.69 Å². The van der Waals surface area contributed by atoms with Gasteiger partial charge < -0.3 is 4.74 Å². The second kappa shape index (κ2) is 4.93. The van der Waals surface area contributed by atoms with E-state index in [0.29, 0.717) is 16.7 Å². The standard InChI is InChI=1S/C10H10BrNO3/c1-7(15-2)10-5-9(12(13)14)4-3-8(10)6-11/h3-5H,1,6H2,2H3. The van der Waals surface area contributed by atoms with Crippen LogP contribution in [0.25, 0.3) is 5.76 Å². The Hall–Kier alpha value is -1.36. The predicted molar refractivity (Wildman–Crippen MR) is 61.8 cm³/mol. The number of ether oxygens (including phenoxy) is 1. The normalized spacial score (nSPS) is 9.73. The van der Waals surface area contributed by atoms with Gasteiger partial charge in [0, 0.05) is 23.0 Å². The van der Waals surface area contributed by atoms with Crippen LogP contribution in [0.2, 0.25) is 0 Å². The summed E-state index contributed by atoms with van der Waals surface area (Å²) in [5, 5.41) is 11.2. The molecule has 15 heavy (non-hydrogen) atoms. The number of hydrogen-bond donors (Lipinski definition) is 0. The lowest BCUT2D eigenvalue weighted by molar-refractivity contribution is -0.384. The highest BCUT2D eigenvalue weighted by Crippen LogP contribution is 2.25. The van der Waals surface area contributed by atoms with Gasteiger partial charge >= 0.3 is 0 Å². The molecule has 0 atom stereocenters. The number of nitrogens with zero attached hydrogens (tertiary/aromatic N) is 1. The molecule has 0 aliphatic rings. The molecule has 1 rings (SSSR count). The molecule has 0 saturated carbocycles.